The van der Waals surface area contributed by atoms with Gasteiger partial charge in [0.25, 0.3) is 0 Å². The summed E-state index contributed by atoms with van der Waals surface area (Å²) in [5.41, 5.74) is 2.14. The van der Waals surface area contributed by atoms with Crippen LogP contribution in [0.4, 0.5) is 0 Å². The van der Waals surface area contributed by atoms with Gasteiger partial charge in [0, 0.05) is 11.9 Å². The molecule has 1 atom stereocenters. The molecule has 0 saturated carbocycles. The minimum Gasteiger partial charge on any atom is -0.466 e. The van der Waals surface area contributed by atoms with Crippen LogP contribution in [0.15, 0.2) is 39.5 Å². The zero-order valence-electron chi connectivity index (χ0n) is 10.6. The Morgan fingerprint density at radius 3 is 2.78 bits per heavy atom. The second-order valence-electron chi connectivity index (χ2n) is 4.25. The minimum atomic E-state index is 0.0439. The summed E-state index contributed by atoms with van der Waals surface area (Å²) in [5.74, 6) is 0.897. The Bertz CT molecular complexity index is 493. The lowest BCUT2D eigenvalue weighted by molar-refractivity contribution is 0.444. The number of furan rings is 1. The molecular weight excluding hydrogens is 292 g/mol. The number of rotatable bonds is 5. The molecule has 2 heterocycles. The van der Waals surface area contributed by atoms with Gasteiger partial charge in [-0.25, -0.2) is 0 Å². The van der Waals surface area contributed by atoms with Crippen LogP contribution in [0, 0.1) is 6.92 Å². The van der Waals surface area contributed by atoms with Crippen LogP contribution in [-0.4, -0.2) is 11.5 Å². The van der Waals surface area contributed by atoms with E-state index in [1.165, 1.54) is 0 Å². The maximum Gasteiger partial charge on any atom is 0.139 e. The molecule has 1 N–H and O–H groups in total. The van der Waals surface area contributed by atoms with Crippen molar-refractivity contribution < 1.29 is 4.42 Å². The molecule has 96 valence electrons. The van der Waals surface area contributed by atoms with E-state index >= 15 is 0 Å². The molecule has 4 heteroatoms. The van der Waals surface area contributed by atoms with E-state index in [2.05, 4.69) is 39.2 Å². The summed E-state index contributed by atoms with van der Waals surface area (Å²) in [7, 11) is 0. The maximum atomic E-state index is 5.57. The normalized spacial score (nSPS) is 12.6. The van der Waals surface area contributed by atoms with Gasteiger partial charge in [-0.05, 0) is 53.5 Å². The largest absolute Gasteiger partial charge is 0.466 e. The van der Waals surface area contributed by atoms with Gasteiger partial charge in [0.2, 0.25) is 0 Å². The van der Waals surface area contributed by atoms with Crippen LogP contribution < -0.4 is 5.32 Å². The molecule has 2 rings (SSSR count). The molecule has 18 heavy (non-hydrogen) atoms. The monoisotopic (exact) mass is 308 g/mol. The summed E-state index contributed by atoms with van der Waals surface area (Å²) in [5, 5.41) is 3.48. The number of nitrogens with one attached hydrogen (secondary N) is 1. The first-order chi connectivity index (χ1) is 8.72. The summed E-state index contributed by atoms with van der Waals surface area (Å²) in [6, 6.07) is 6.07. The lowest BCUT2D eigenvalue weighted by Crippen LogP contribution is -2.23. The first-order valence-corrected chi connectivity index (χ1v) is 6.90. The van der Waals surface area contributed by atoms with E-state index in [0.29, 0.717) is 0 Å². The number of halogens is 1. The van der Waals surface area contributed by atoms with Gasteiger partial charge in [-0.2, -0.15) is 0 Å². The molecule has 2 aromatic rings. The molecule has 0 aliphatic carbocycles. The highest BCUT2D eigenvalue weighted by Gasteiger charge is 2.19. The van der Waals surface area contributed by atoms with Crippen LogP contribution in [-0.2, 0) is 0 Å². The molecule has 3 nitrogen and oxygen atoms in total. The van der Waals surface area contributed by atoms with Gasteiger partial charge in [-0.3, -0.25) is 4.98 Å². The fourth-order valence-electron chi connectivity index (χ4n) is 1.81. The van der Waals surface area contributed by atoms with Gasteiger partial charge >= 0.3 is 0 Å². The second-order valence-corrected chi connectivity index (χ2v) is 5.11. The van der Waals surface area contributed by atoms with Crippen molar-refractivity contribution in [2.24, 2.45) is 0 Å². The van der Waals surface area contributed by atoms with E-state index in [0.717, 1.165) is 34.5 Å². The van der Waals surface area contributed by atoms with Crippen LogP contribution in [0.5, 0.6) is 0 Å². The van der Waals surface area contributed by atoms with Gasteiger partial charge in [-0.1, -0.05) is 13.0 Å². The lowest BCUT2D eigenvalue weighted by atomic mass is 10.1. The highest BCUT2D eigenvalue weighted by atomic mass is 79.9. The van der Waals surface area contributed by atoms with Crippen molar-refractivity contribution in [2.45, 2.75) is 26.3 Å². The number of hydrogen-bond acceptors (Lipinski definition) is 3. The van der Waals surface area contributed by atoms with Crippen LogP contribution in [0.3, 0.4) is 0 Å². The predicted octanol–water partition coefficient (Wildman–Crippen LogP) is 3.83. The Hall–Kier alpha value is -1.13. The molecule has 0 radical (unpaired) electrons. The lowest BCUT2D eigenvalue weighted by Gasteiger charge is -2.17. The number of aromatic nitrogens is 1. The topological polar surface area (TPSA) is 38.1 Å². The third-order valence-electron chi connectivity index (χ3n) is 2.77. The smallest absolute Gasteiger partial charge is 0.139 e. The van der Waals surface area contributed by atoms with Crippen LogP contribution in [0.25, 0.3) is 0 Å². The summed E-state index contributed by atoms with van der Waals surface area (Å²) in [4.78, 5) is 4.35. The molecule has 0 fully saturated rings. The van der Waals surface area contributed by atoms with E-state index in [-0.39, 0.29) is 6.04 Å². The zero-order chi connectivity index (χ0) is 13.0. The summed E-state index contributed by atoms with van der Waals surface area (Å²) in [6.07, 6.45) is 4.67. The Morgan fingerprint density at radius 2 is 2.22 bits per heavy atom. The third kappa shape index (κ3) is 3.00. The Labute approximate surface area is 116 Å². The van der Waals surface area contributed by atoms with Crippen molar-refractivity contribution in [3.05, 3.63) is 52.1 Å². The molecule has 0 aliphatic rings. The number of hydrogen-bond donors (Lipinski definition) is 1. The average molecular weight is 309 g/mol. The van der Waals surface area contributed by atoms with Gasteiger partial charge in [0.15, 0.2) is 0 Å². The number of nitrogens with zero attached hydrogens (tertiary/aromatic N) is 1. The fraction of sp³-hybridized carbons (Fsp3) is 0.357. The van der Waals surface area contributed by atoms with E-state index in [1.54, 1.807) is 6.26 Å². The summed E-state index contributed by atoms with van der Waals surface area (Å²) < 4.78 is 6.55. The van der Waals surface area contributed by atoms with Gasteiger partial charge in [0.05, 0.1) is 16.8 Å². The first-order valence-electron chi connectivity index (χ1n) is 6.11. The zero-order valence-corrected chi connectivity index (χ0v) is 12.2. The Morgan fingerprint density at radius 1 is 1.39 bits per heavy atom. The quantitative estimate of drug-likeness (QED) is 0.912. The standard InChI is InChI=1S/C14H17BrN2O/c1-3-7-16-13(14-12(15)6-8-18-14)11-5-4-10(2)17-9-11/h4-6,8-9,13,16H,3,7H2,1-2H3. The van der Waals surface area contributed by atoms with Crippen LogP contribution in [0.2, 0.25) is 0 Å². The molecule has 0 aromatic carbocycles. The summed E-state index contributed by atoms with van der Waals surface area (Å²) in [6.45, 7) is 5.07. The number of pyridine rings is 1. The number of aryl methyl sites for hydroxylation is 1. The Balaban J connectivity index is 2.30. The van der Waals surface area contributed by atoms with E-state index in [1.807, 2.05) is 25.3 Å². The maximum absolute atomic E-state index is 5.57. The molecule has 0 aliphatic heterocycles. The second kappa shape index (κ2) is 6.16. The van der Waals surface area contributed by atoms with Crippen molar-refractivity contribution in [1.82, 2.24) is 10.3 Å². The van der Waals surface area contributed by atoms with Gasteiger partial charge in [0.1, 0.15) is 5.76 Å². The summed E-state index contributed by atoms with van der Waals surface area (Å²) >= 11 is 3.52. The molecule has 0 spiro atoms. The SMILES string of the molecule is CCCNC(c1ccc(C)nc1)c1occc1Br. The van der Waals surface area contributed by atoms with E-state index < -0.39 is 0 Å². The molecule has 2 aromatic heterocycles. The van der Waals surface area contributed by atoms with Gasteiger partial charge in [-0.15, -0.1) is 0 Å². The average Bonchev–Trinajstić information content (AvgIpc) is 2.78. The molecule has 1 unspecified atom stereocenters. The van der Waals surface area contributed by atoms with Crippen molar-refractivity contribution in [3.63, 3.8) is 0 Å². The molecule has 0 amide bonds. The Kier molecular flexibility index (Phi) is 4.55. The van der Waals surface area contributed by atoms with Crippen molar-refractivity contribution in [2.75, 3.05) is 6.54 Å². The van der Waals surface area contributed by atoms with Crippen molar-refractivity contribution in [3.8, 4) is 0 Å². The highest BCUT2D eigenvalue weighted by molar-refractivity contribution is 9.10. The van der Waals surface area contributed by atoms with Crippen LogP contribution >= 0.6 is 15.9 Å². The van der Waals surface area contributed by atoms with Crippen LogP contribution in [0.1, 0.15) is 36.4 Å². The fourth-order valence-corrected chi connectivity index (χ4v) is 2.24. The highest BCUT2D eigenvalue weighted by Crippen LogP contribution is 2.29. The molecular formula is C14H17BrN2O. The molecule has 0 saturated heterocycles. The third-order valence-corrected chi connectivity index (χ3v) is 3.43. The minimum absolute atomic E-state index is 0.0439. The molecule has 0 bridgehead atoms. The van der Waals surface area contributed by atoms with Crippen molar-refractivity contribution >= 4 is 15.9 Å². The van der Waals surface area contributed by atoms with Crippen molar-refractivity contribution in [1.29, 1.82) is 0 Å². The first kappa shape index (κ1) is 13.3. The predicted molar refractivity (Wildman–Crippen MR) is 75.5 cm³/mol. The van der Waals surface area contributed by atoms with E-state index in [9.17, 15) is 0 Å². The van der Waals surface area contributed by atoms with Gasteiger partial charge < -0.3 is 9.73 Å². The van der Waals surface area contributed by atoms with E-state index in [4.69, 9.17) is 4.42 Å².